The monoisotopic (exact) mass is 359 g/mol. The number of hydrogen-bond donors (Lipinski definition) is 1. The smallest absolute Gasteiger partial charge is 0.410 e. The van der Waals surface area contributed by atoms with Gasteiger partial charge < -0.3 is 15.4 Å². The predicted molar refractivity (Wildman–Crippen MR) is 104 cm³/mol. The Labute approximate surface area is 157 Å². The average Bonchev–Trinajstić information content (AvgIpc) is 2.94. The molecule has 2 aliphatic rings. The summed E-state index contributed by atoms with van der Waals surface area (Å²) in [5.41, 5.74) is 8.05. The average molecular weight is 360 g/mol. The molecule has 0 radical (unpaired) electrons. The van der Waals surface area contributed by atoms with Crippen LogP contribution in [0.2, 0.25) is 0 Å². The summed E-state index contributed by atoms with van der Waals surface area (Å²) in [5.74, 6) is 0. The predicted octanol–water partition coefficient (Wildman–Crippen LogP) is 3.16. The fourth-order valence-electron chi connectivity index (χ4n) is 4.25. The number of ether oxygens (including phenoxy) is 1. The van der Waals surface area contributed by atoms with Crippen molar-refractivity contribution in [2.45, 2.75) is 64.1 Å². The Kier molecular flexibility index (Phi) is 6.20. The van der Waals surface area contributed by atoms with Crippen LogP contribution in [0.5, 0.6) is 0 Å². The third-order valence-electron chi connectivity index (χ3n) is 5.83. The number of likely N-dealkylation sites (tertiary alicyclic amines) is 1. The third kappa shape index (κ3) is 4.38. The largest absolute Gasteiger partial charge is 0.441 e. The molecule has 1 amide bonds. The van der Waals surface area contributed by atoms with Crippen molar-refractivity contribution < 1.29 is 9.53 Å². The lowest BCUT2D eigenvalue weighted by molar-refractivity contribution is -0.00132. The summed E-state index contributed by atoms with van der Waals surface area (Å²) in [6.45, 7) is 8.65. The molecule has 0 aromatic heterocycles. The maximum Gasteiger partial charge on any atom is 0.410 e. The summed E-state index contributed by atoms with van der Waals surface area (Å²) in [7, 11) is 0. The molecule has 5 heteroatoms. The van der Waals surface area contributed by atoms with E-state index in [0.29, 0.717) is 6.54 Å². The van der Waals surface area contributed by atoms with E-state index >= 15 is 0 Å². The molecule has 0 unspecified atom stereocenters. The topological polar surface area (TPSA) is 58.8 Å². The van der Waals surface area contributed by atoms with Gasteiger partial charge in [0.1, 0.15) is 5.60 Å². The van der Waals surface area contributed by atoms with Crippen LogP contribution in [0.25, 0.3) is 0 Å². The molecule has 2 fully saturated rings. The van der Waals surface area contributed by atoms with Crippen LogP contribution in [0, 0.1) is 0 Å². The molecular formula is C21H33N3O2. The van der Waals surface area contributed by atoms with Gasteiger partial charge in [0.2, 0.25) is 0 Å². The zero-order chi connectivity index (χ0) is 18.6. The maximum atomic E-state index is 12.3. The van der Waals surface area contributed by atoms with E-state index in [-0.39, 0.29) is 17.7 Å². The number of carbonyl (C=O) groups is 1. The Morgan fingerprint density at radius 1 is 1.27 bits per heavy atom. The zero-order valence-corrected chi connectivity index (χ0v) is 16.2. The van der Waals surface area contributed by atoms with E-state index in [4.69, 9.17) is 10.5 Å². The van der Waals surface area contributed by atoms with Gasteiger partial charge in [0, 0.05) is 38.5 Å². The van der Waals surface area contributed by atoms with Crippen molar-refractivity contribution in [3.8, 4) is 0 Å². The molecule has 1 aromatic rings. The van der Waals surface area contributed by atoms with Gasteiger partial charge >= 0.3 is 6.09 Å². The van der Waals surface area contributed by atoms with E-state index in [9.17, 15) is 4.79 Å². The highest BCUT2D eigenvalue weighted by Gasteiger charge is 2.47. The number of nitrogens with two attached hydrogens (primary N) is 1. The molecule has 5 nitrogen and oxygen atoms in total. The first-order chi connectivity index (χ1) is 12.5. The van der Waals surface area contributed by atoms with Gasteiger partial charge in [-0.2, -0.15) is 0 Å². The van der Waals surface area contributed by atoms with Crippen LogP contribution < -0.4 is 5.73 Å². The fourth-order valence-corrected chi connectivity index (χ4v) is 4.25. The first kappa shape index (κ1) is 19.2. The molecule has 26 heavy (non-hydrogen) atoms. The van der Waals surface area contributed by atoms with E-state index < -0.39 is 0 Å². The zero-order valence-electron chi connectivity index (χ0n) is 16.2. The molecule has 2 heterocycles. The number of carbonyl (C=O) groups excluding carboxylic acids is 1. The van der Waals surface area contributed by atoms with Gasteiger partial charge in [0.25, 0.3) is 0 Å². The van der Waals surface area contributed by atoms with Gasteiger partial charge in [-0.1, -0.05) is 37.6 Å². The van der Waals surface area contributed by atoms with Crippen molar-refractivity contribution in [1.82, 2.24) is 9.80 Å². The second-order valence-electron chi connectivity index (χ2n) is 7.95. The molecular weight excluding hydrogens is 326 g/mol. The summed E-state index contributed by atoms with van der Waals surface area (Å²) < 4.78 is 5.87. The van der Waals surface area contributed by atoms with Gasteiger partial charge in [-0.15, -0.1) is 0 Å². The minimum Gasteiger partial charge on any atom is -0.441 e. The molecule has 1 atom stereocenters. The SMILES string of the molecule is CCC[C@@H](C)N1CC2(CCN(Cc3cccc(CCN)c3)CC2)OC1=O. The summed E-state index contributed by atoms with van der Waals surface area (Å²) >= 11 is 0. The number of hydrogen-bond acceptors (Lipinski definition) is 4. The summed E-state index contributed by atoms with van der Waals surface area (Å²) in [4.78, 5) is 16.7. The van der Waals surface area contributed by atoms with Crippen LogP contribution in [-0.2, 0) is 17.7 Å². The summed E-state index contributed by atoms with van der Waals surface area (Å²) in [6, 6.07) is 8.99. The van der Waals surface area contributed by atoms with Crippen LogP contribution >= 0.6 is 0 Å². The van der Waals surface area contributed by atoms with Crippen LogP contribution in [0.15, 0.2) is 24.3 Å². The Balaban J connectivity index is 1.54. The van der Waals surface area contributed by atoms with Gasteiger partial charge in [0.15, 0.2) is 0 Å². The number of amides is 1. The molecule has 144 valence electrons. The first-order valence-electron chi connectivity index (χ1n) is 10.0. The highest BCUT2D eigenvalue weighted by Crippen LogP contribution is 2.35. The number of piperidine rings is 1. The van der Waals surface area contributed by atoms with Crippen molar-refractivity contribution in [3.05, 3.63) is 35.4 Å². The number of nitrogens with zero attached hydrogens (tertiary/aromatic N) is 2. The molecule has 2 saturated heterocycles. The first-order valence-corrected chi connectivity index (χ1v) is 10.0. The normalized spacial score (nSPS) is 21.2. The van der Waals surface area contributed by atoms with Gasteiger partial charge in [-0.05, 0) is 37.4 Å². The van der Waals surface area contributed by atoms with Crippen molar-refractivity contribution >= 4 is 6.09 Å². The van der Waals surface area contributed by atoms with Gasteiger partial charge in [-0.3, -0.25) is 4.90 Å². The van der Waals surface area contributed by atoms with Crippen molar-refractivity contribution in [3.63, 3.8) is 0 Å². The van der Waals surface area contributed by atoms with Gasteiger partial charge in [0.05, 0.1) is 6.54 Å². The highest BCUT2D eigenvalue weighted by molar-refractivity contribution is 5.71. The van der Waals surface area contributed by atoms with Crippen LogP contribution in [0.3, 0.4) is 0 Å². The molecule has 1 aromatic carbocycles. The number of benzene rings is 1. The van der Waals surface area contributed by atoms with E-state index in [1.165, 1.54) is 11.1 Å². The summed E-state index contributed by atoms with van der Waals surface area (Å²) in [6.07, 6.45) is 4.80. The van der Waals surface area contributed by atoms with Crippen LogP contribution in [0.1, 0.15) is 50.7 Å². The number of rotatable bonds is 7. The van der Waals surface area contributed by atoms with E-state index in [2.05, 4.69) is 43.0 Å². The summed E-state index contributed by atoms with van der Waals surface area (Å²) in [5, 5.41) is 0. The van der Waals surface area contributed by atoms with E-state index in [1.54, 1.807) is 0 Å². The van der Waals surface area contributed by atoms with Crippen LogP contribution in [0.4, 0.5) is 4.79 Å². The van der Waals surface area contributed by atoms with Crippen molar-refractivity contribution in [1.29, 1.82) is 0 Å². The molecule has 3 rings (SSSR count). The van der Waals surface area contributed by atoms with E-state index in [1.807, 2.05) is 4.90 Å². The molecule has 2 N–H and O–H groups in total. The second kappa shape index (κ2) is 8.40. The maximum absolute atomic E-state index is 12.3. The highest BCUT2D eigenvalue weighted by atomic mass is 16.6. The minimum atomic E-state index is -0.267. The third-order valence-corrected chi connectivity index (χ3v) is 5.83. The Morgan fingerprint density at radius 3 is 2.69 bits per heavy atom. The molecule has 0 aliphatic carbocycles. The lowest BCUT2D eigenvalue weighted by atomic mass is 9.90. The molecule has 0 bridgehead atoms. The molecule has 0 saturated carbocycles. The van der Waals surface area contributed by atoms with Crippen LogP contribution in [-0.4, -0.2) is 53.7 Å². The quantitative estimate of drug-likeness (QED) is 0.812. The van der Waals surface area contributed by atoms with E-state index in [0.717, 1.165) is 58.3 Å². The Bertz CT molecular complexity index is 611. The lowest BCUT2D eigenvalue weighted by Gasteiger charge is -2.37. The van der Waals surface area contributed by atoms with Crippen molar-refractivity contribution in [2.75, 3.05) is 26.2 Å². The minimum absolute atomic E-state index is 0.117. The van der Waals surface area contributed by atoms with Crippen molar-refractivity contribution in [2.24, 2.45) is 5.73 Å². The standard InChI is InChI=1S/C21H33N3O2/c1-3-5-17(2)24-16-21(26-20(24)25)9-12-23(13-10-21)15-19-7-4-6-18(14-19)8-11-22/h4,6-7,14,17H,3,5,8-13,15-16,22H2,1-2H3/t17-/m1/s1. The lowest BCUT2D eigenvalue weighted by Crippen LogP contribution is -2.47. The Morgan fingerprint density at radius 2 is 2.00 bits per heavy atom. The fraction of sp³-hybridized carbons (Fsp3) is 0.667. The molecule has 1 spiro atoms. The second-order valence-corrected chi connectivity index (χ2v) is 7.95. The molecule has 2 aliphatic heterocycles. The Hall–Kier alpha value is -1.59. The van der Waals surface area contributed by atoms with Gasteiger partial charge in [-0.25, -0.2) is 4.79 Å².